The highest BCUT2D eigenvalue weighted by Gasteiger charge is 2.28. The highest BCUT2D eigenvalue weighted by Crippen LogP contribution is 2.38. The Labute approximate surface area is 299 Å². The lowest BCUT2D eigenvalue weighted by Crippen LogP contribution is -2.45. The molecule has 4 rings (SSSR count). The van der Waals surface area contributed by atoms with E-state index >= 15 is 0 Å². The maximum atomic E-state index is 14.1. The number of pyridine rings is 1. The summed E-state index contributed by atoms with van der Waals surface area (Å²) in [5, 5.41) is 3.25. The Morgan fingerprint density at radius 1 is 0.940 bits per heavy atom. The highest BCUT2D eigenvalue weighted by molar-refractivity contribution is 6.04. The van der Waals surface area contributed by atoms with Crippen LogP contribution in [-0.2, 0) is 17.9 Å². The first-order chi connectivity index (χ1) is 24.0. The van der Waals surface area contributed by atoms with Crippen LogP contribution in [-0.4, -0.2) is 54.6 Å². The second-order valence-electron chi connectivity index (χ2n) is 14.3. The number of unbranched alkanes of at least 4 members (excludes halogenated alkanes) is 5. The number of methoxy groups -OCH3 is 1. The molecule has 1 fully saturated rings. The number of hydrogen-bond acceptors (Lipinski definition) is 5. The third kappa shape index (κ3) is 10.1. The van der Waals surface area contributed by atoms with Crippen LogP contribution in [0, 0.1) is 5.82 Å². The molecule has 0 spiro atoms. The van der Waals surface area contributed by atoms with Crippen LogP contribution < -0.4 is 16.0 Å². The Kier molecular flexibility index (Phi) is 14.8. The molecule has 9 heteroatoms. The second kappa shape index (κ2) is 19.0. The number of ether oxygens (including phenoxy) is 1. The molecular formula is C41H58FN5O3. The SMILES string of the molecule is CCCCCCCCN(C(N)=O)c1ccccc1C(=O)NC1CCN(Cc2c(C(C)C)nc(C(C)C)c(COC)c2-c2ccc(F)cc2)CC1. The topological polar surface area (TPSA) is 101 Å². The van der Waals surface area contributed by atoms with Crippen LogP contribution in [0.2, 0.25) is 0 Å². The number of piperidine rings is 1. The number of aromatic nitrogens is 1. The Morgan fingerprint density at radius 3 is 2.18 bits per heavy atom. The van der Waals surface area contributed by atoms with Gasteiger partial charge in [0.05, 0.1) is 17.9 Å². The van der Waals surface area contributed by atoms with Crippen LogP contribution in [0.25, 0.3) is 11.1 Å². The number of anilines is 1. The molecule has 1 aliphatic heterocycles. The van der Waals surface area contributed by atoms with Crippen molar-refractivity contribution in [3.63, 3.8) is 0 Å². The van der Waals surface area contributed by atoms with E-state index in [0.29, 0.717) is 30.9 Å². The molecule has 50 heavy (non-hydrogen) atoms. The van der Waals surface area contributed by atoms with Crippen LogP contribution in [0.15, 0.2) is 48.5 Å². The van der Waals surface area contributed by atoms with Gasteiger partial charge in [-0.1, -0.05) is 91.0 Å². The number of para-hydroxylation sites is 1. The number of likely N-dealkylation sites (tertiary alicyclic amines) is 1. The van der Waals surface area contributed by atoms with Gasteiger partial charge in [-0.2, -0.15) is 0 Å². The van der Waals surface area contributed by atoms with Gasteiger partial charge < -0.3 is 15.8 Å². The molecule has 2 aromatic carbocycles. The summed E-state index contributed by atoms with van der Waals surface area (Å²) in [6, 6.07) is 13.4. The molecule has 3 N–H and O–H groups in total. The lowest BCUT2D eigenvalue weighted by molar-refractivity contribution is 0.0909. The molecule has 0 bridgehead atoms. The van der Waals surface area contributed by atoms with E-state index in [-0.39, 0.29) is 29.6 Å². The molecule has 0 radical (unpaired) electrons. The maximum absolute atomic E-state index is 14.1. The van der Waals surface area contributed by atoms with E-state index in [9.17, 15) is 14.0 Å². The Bertz CT molecular complexity index is 1550. The molecule has 0 saturated carbocycles. The van der Waals surface area contributed by atoms with Crippen molar-refractivity contribution in [2.24, 2.45) is 5.73 Å². The van der Waals surface area contributed by atoms with Gasteiger partial charge in [-0.3, -0.25) is 19.6 Å². The standard InChI is InChI=1S/C41H58FN5O3/c1-7-8-9-10-11-14-23-47(41(43)49)36-16-13-12-15-33(36)40(48)44-32-21-24-46(25-22-32)26-34-37(30-17-19-31(42)20-18-30)35(27-50-6)39(29(4)5)45-38(34)28(2)3/h12-13,15-20,28-29,32H,7-11,14,21-27H2,1-6H3,(H2,43,49)(H,44,48). The van der Waals surface area contributed by atoms with E-state index in [1.807, 2.05) is 24.3 Å². The van der Waals surface area contributed by atoms with Crippen LogP contribution in [0.1, 0.15) is 131 Å². The smallest absolute Gasteiger partial charge is 0.319 e. The minimum Gasteiger partial charge on any atom is -0.380 e. The first-order valence-electron chi connectivity index (χ1n) is 18.5. The molecule has 0 aliphatic carbocycles. The lowest BCUT2D eigenvalue weighted by atomic mass is 9.86. The van der Waals surface area contributed by atoms with Gasteiger partial charge in [0.15, 0.2) is 0 Å². The van der Waals surface area contributed by atoms with E-state index in [4.69, 9.17) is 15.5 Å². The zero-order chi connectivity index (χ0) is 36.2. The van der Waals surface area contributed by atoms with Crippen LogP contribution >= 0.6 is 0 Å². The highest BCUT2D eigenvalue weighted by atomic mass is 19.1. The summed E-state index contributed by atoms with van der Waals surface area (Å²) < 4.78 is 19.8. The molecular weight excluding hydrogens is 629 g/mol. The van der Waals surface area contributed by atoms with Gasteiger partial charge in [-0.25, -0.2) is 9.18 Å². The van der Waals surface area contributed by atoms with Gasteiger partial charge in [0.25, 0.3) is 5.91 Å². The summed E-state index contributed by atoms with van der Waals surface area (Å²) in [5.41, 5.74) is 13.2. The fourth-order valence-electron chi connectivity index (χ4n) is 7.10. The molecule has 272 valence electrons. The Morgan fingerprint density at radius 2 is 1.56 bits per heavy atom. The van der Waals surface area contributed by atoms with Gasteiger partial charge in [0.1, 0.15) is 5.82 Å². The fraction of sp³-hybridized carbons (Fsp3) is 0.537. The number of urea groups is 1. The number of amides is 3. The summed E-state index contributed by atoms with van der Waals surface area (Å²) in [4.78, 5) is 35.4. The van der Waals surface area contributed by atoms with Gasteiger partial charge in [0, 0.05) is 56.3 Å². The number of rotatable bonds is 17. The fourth-order valence-corrected chi connectivity index (χ4v) is 7.10. The van der Waals surface area contributed by atoms with Crippen molar-refractivity contribution in [1.82, 2.24) is 15.2 Å². The predicted octanol–water partition coefficient (Wildman–Crippen LogP) is 8.92. The summed E-state index contributed by atoms with van der Waals surface area (Å²) in [6.45, 7) is 14.0. The number of carbonyl (C=O) groups excluding carboxylic acids is 2. The van der Waals surface area contributed by atoms with Gasteiger partial charge in [0.2, 0.25) is 0 Å². The molecule has 1 aliphatic rings. The van der Waals surface area contributed by atoms with Crippen molar-refractivity contribution >= 4 is 17.6 Å². The van der Waals surface area contributed by atoms with E-state index in [0.717, 1.165) is 78.8 Å². The van der Waals surface area contributed by atoms with Crippen molar-refractivity contribution in [1.29, 1.82) is 0 Å². The van der Waals surface area contributed by atoms with Crippen molar-refractivity contribution in [3.8, 4) is 11.1 Å². The monoisotopic (exact) mass is 687 g/mol. The van der Waals surface area contributed by atoms with E-state index in [2.05, 4.69) is 44.8 Å². The Hall–Kier alpha value is -3.82. The number of carbonyl (C=O) groups is 2. The summed E-state index contributed by atoms with van der Waals surface area (Å²) in [5.74, 6) is -0.0680. The zero-order valence-electron chi connectivity index (χ0n) is 31.1. The van der Waals surface area contributed by atoms with Gasteiger partial charge in [-0.05, 0) is 72.1 Å². The zero-order valence-corrected chi connectivity index (χ0v) is 31.1. The third-order valence-corrected chi connectivity index (χ3v) is 9.72. The van der Waals surface area contributed by atoms with E-state index in [1.54, 1.807) is 24.1 Å². The van der Waals surface area contributed by atoms with E-state index in [1.165, 1.54) is 31.4 Å². The number of primary amides is 1. The van der Waals surface area contributed by atoms with Crippen molar-refractivity contribution < 1.29 is 18.7 Å². The van der Waals surface area contributed by atoms with Crippen LogP contribution in [0.5, 0.6) is 0 Å². The normalized spacial score (nSPS) is 14.0. The molecule has 2 heterocycles. The second-order valence-corrected chi connectivity index (χ2v) is 14.3. The minimum absolute atomic E-state index is 0.000896. The largest absolute Gasteiger partial charge is 0.380 e. The maximum Gasteiger partial charge on any atom is 0.319 e. The molecule has 3 aromatic rings. The molecule has 1 saturated heterocycles. The Balaban J connectivity index is 1.50. The number of benzene rings is 2. The number of nitrogens with one attached hydrogen (secondary N) is 1. The first kappa shape index (κ1) is 39.0. The number of nitrogens with two attached hydrogens (primary N) is 1. The van der Waals surface area contributed by atoms with Crippen molar-refractivity contribution in [2.75, 3.05) is 31.6 Å². The molecule has 0 unspecified atom stereocenters. The van der Waals surface area contributed by atoms with Crippen molar-refractivity contribution in [2.45, 2.75) is 117 Å². The van der Waals surface area contributed by atoms with Gasteiger partial charge >= 0.3 is 6.03 Å². The number of hydrogen-bond donors (Lipinski definition) is 2. The summed E-state index contributed by atoms with van der Waals surface area (Å²) in [6.07, 6.45) is 8.16. The third-order valence-electron chi connectivity index (χ3n) is 9.72. The number of halogens is 1. The summed E-state index contributed by atoms with van der Waals surface area (Å²) >= 11 is 0. The predicted molar refractivity (Wildman–Crippen MR) is 201 cm³/mol. The van der Waals surface area contributed by atoms with E-state index < -0.39 is 6.03 Å². The molecule has 1 aromatic heterocycles. The molecule has 3 amide bonds. The summed E-state index contributed by atoms with van der Waals surface area (Å²) in [7, 11) is 1.70. The minimum atomic E-state index is -0.544. The molecule has 8 nitrogen and oxygen atoms in total. The van der Waals surface area contributed by atoms with Crippen LogP contribution in [0.3, 0.4) is 0 Å². The van der Waals surface area contributed by atoms with Crippen molar-refractivity contribution in [3.05, 3.63) is 82.4 Å². The quantitative estimate of drug-likeness (QED) is 0.138. The van der Waals surface area contributed by atoms with Crippen LogP contribution in [0.4, 0.5) is 14.9 Å². The number of nitrogens with zero attached hydrogens (tertiary/aromatic N) is 3. The first-order valence-corrected chi connectivity index (χ1v) is 18.5. The van der Waals surface area contributed by atoms with Gasteiger partial charge in [-0.15, -0.1) is 0 Å². The average molecular weight is 688 g/mol. The average Bonchev–Trinajstić information content (AvgIpc) is 3.09. The molecule has 0 atom stereocenters. The lowest BCUT2D eigenvalue weighted by Gasteiger charge is -2.34.